The summed E-state index contributed by atoms with van der Waals surface area (Å²) >= 11 is 0. The van der Waals surface area contributed by atoms with Gasteiger partial charge in [0.25, 0.3) is 0 Å². The smallest absolute Gasteiger partial charge is 0.340 e. The van der Waals surface area contributed by atoms with Crippen LogP contribution in [0.1, 0.15) is 28.6 Å². The lowest BCUT2D eigenvalue weighted by Gasteiger charge is -2.19. The summed E-state index contributed by atoms with van der Waals surface area (Å²) in [6.45, 7) is 2.01. The Kier molecular flexibility index (Phi) is 4.51. The zero-order valence-corrected chi connectivity index (χ0v) is 13.1. The predicted octanol–water partition coefficient (Wildman–Crippen LogP) is 1.25. The van der Waals surface area contributed by atoms with Crippen molar-refractivity contribution in [3.05, 3.63) is 81.8 Å². The molecule has 1 aromatic carbocycles. The molecule has 1 amide bonds. The van der Waals surface area contributed by atoms with Gasteiger partial charge in [0.05, 0.1) is 12.5 Å². The van der Waals surface area contributed by atoms with E-state index in [0.29, 0.717) is 5.82 Å². The largest absolute Gasteiger partial charge is 0.345 e. The Labute approximate surface area is 138 Å². The van der Waals surface area contributed by atoms with E-state index in [1.807, 2.05) is 43.3 Å². The van der Waals surface area contributed by atoms with Crippen molar-refractivity contribution in [2.45, 2.75) is 19.4 Å². The molecule has 0 fully saturated rings. The van der Waals surface area contributed by atoms with Gasteiger partial charge < -0.3 is 5.32 Å². The quantitative estimate of drug-likeness (QED) is 0.657. The maximum Gasteiger partial charge on any atom is 0.340 e. The van der Waals surface area contributed by atoms with Crippen LogP contribution in [0.2, 0.25) is 0 Å². The van der Waals surface area contributed by atoms with Crippen LogP contribution in [0.3, 0.4) is 0 Å². The van der Waals surface area contributed by atoms with Gasteiger partial charge in [0.2, 0.25) is 5.91 Å². The second-order valence-corrected chi connectivity index (χ2v) is 5.49. The third kappa shape index (κ3) is 3.75. The second-order valence-electron chi connectivity index (χ2n) is 5.49. The number of benzene rings is 1. The fourth-order valence-corrected chi connectivity index (χ4v) is 2.43. The van der Waals surface area contributed by atoms with Crippen LogP contribution in [-0.4, -0.2) is 26.1 Å². The average molecular weight is 323 g/mol. The number of nitrogens with zero attached hydrogens (tertiary/aromatic N) is 2. The van der Waals surface area contributed by atoms with Crippen LogP contribution in [0.5, 0.6) is 0 Å². The number of aryl methyl sites for hydroxylation is 1. The van der Waals surface area contributed by atoms with Crippen LogP contribution in [0, 0.1) is 6.92 Å². The van der Waals surface area contributed by atoms with Crippen molar-refractivity contribution in [3.63, 3.8) is 0 Å². The number of aromatic amines is 2. The summed E-state index contributed by atoms with van der Waals surface area (Å²) in [5.41, 5.74) is 2.61. The number of hydrogen-bond acceptors (Lipinski definition) is 4. The molecular formula is C17H17N5O2. The van der Waals surface area contributed by atoms with Crippen molar-refractivity contribution in [2.75, 3.05) is 0 Å². The van der Waals surface area contributed by atoms with E-state index in [2.05, 4.69) is 25.5 Å². The predicted molar refractivity (Wildman–Crippen MR) is 88.3 cm³/mol. The summed E-state index contributed by atoms with van der Waals surface area (Å²) in [4.78, 5) is 29.9. The maximum absolute atomic E-state index is 12.3. The van der Waals surface area contributed by atoms with Crippen LogP contribution in [-0.2, 0) is 11.2 Å². The number of carbonyl (C=O) groups excluding carboxylic acids is 1. The first-order valence-corrected chi connectivity index (χ1v) is 7.51. The number of aromatic nitrogens is 4. The minimum absolute atomic E-state index is 0.00775. The normalized spacial score (nSPS) is 11.9. The number of rotatable bonds is 5. The van der Waals surface area contributed by atoms with Gasteiger partial charge in [-0.05, 0) is 30.2 Å². The number of H-pyrrole nitrogens is 2. The highest BCUT2D eigenvalue weighted by Crippen LogP contribution is 2.22. The zero-order valence-electron chi connectivity index (χ0n) is 13.1. The van der Waals surface area contributed by atoms with Crippen LogP contribution >= 0.6 is 0 Å². The molecule has 0 bridgehead atoms. The molecule has 3 N–H and O–H groups in total. The molecule has 3 rings (SSSR count). The highest BCUT2D eigenvalue weighted by atomic mass is 16.2. The molecule has 0 aliphatic carbocycles. The molecule has 24 heavy (non-hydrogen) atoms. The highest BCUT2D eigenvalue weighted by molar-refractivity contribution is 5.78. The van der Waals surface area contributed by atoms with Crippen LogP contribution in [0.4, 0.5) is 0 Å². The Morgan fingerprint density at radius 3 is 2.42 bits per heavy atom. The van der Waals surface area contributed by atoms with Crippen molar-refractivity contribution < 1.29 is 4.79 Å². The summed E-state index contributed by atoms with van der Waals surface area (Å²) in [6.07, 6.45) is 3.37. The molecule has 0 spiro atoms. The van der Waals surface area contributed by atoms with Crippen LogP contribution in [0.25, 0.3) is 0 Å². The Bertz CT molecular complexity index is 868. The van der Waals surface area contributed by atoms with Gasteiger partial charge in [-0.3, -0.25) is 14.8 Å². The van der Waals surface area contributed by atoms with Crippen molar-refractivity contribution in [2.24, 2.45) is 0 Å². The summed E-state index contributed by atoms with van der Waals surface area (Å²) in [6, 6.07) is 11.4. The van der Waals surface area contributed by atoms with E-state index >= 15 is 0 Å². The van der Waals surface area contributed by atoms with Crippen LogP contribution in [0.15, 0.2) is 53.6 Å². The van der Waals surface area contributed by atoms with E-state index in [4.69, 9.17) is 0 Å². The van der Waals surface area contributed by atoms with Crippen molar-refractivity contribution >= 4 is 5.91 Å². The number of amides is 1. The highest BCUT2D eigenvalue weighted by Gasteiger charge is 2.17. The molecular weight excluding hydrogens is 306 g/mol. The van der Waals surface area contributed by atoms with Crippen LogP contribution < -0.4 is 11.0 Å². The molecule has 0 saturated heterocycles. The Morgan fingerprint density at radius 1 is 1.12 bits per heavy atom. The number of carbonyl (C=O) groups is 1. The number of pyridine rings is 1. The third-order valence-corrected chi connectivity index (χ3v) is 3.63. The number of nitrogens with one attached hydrogen (secondary N) is 3. The monoisotopic (exact) mass is 323 g/mol. The molecule has 1 atom stereocenters. The Hall–Kier alpha value is -3.22. The van der Waals surface area contributed by atoms with Crippen molar-refractivity contribution in [1.82, 2.24) is 25.5 Å². The van der Waals surface area contributed by atoms with Crippen molar-refractivity contribution in [1.29, 1.82) is 0 Å². The van der Waals surface area contributed by atoms with E-state index < -0.39 is 5.69 Å². The van der Waals surface area contributed by atoms with Gasteiger partial charge in [-0.1, -0.05) is 29.8 Å². The van der Waals surface area contributed by atoms with E-state index in [0.717, 1.165) is 16.7 Å². The number of hydrogen-bond donors (Lipinski definition) is 3. The SMILES string of the molecule is Cc1ccc([C@@H](NC(=O)Cc2n[nH]c(=O)[nH]2)c2ccncc2)cc1. The van der Waals surface area contributed by atoms with E-state index in [1.54, 1.807) is 12.4 Å². The molecule has 0 aliphatic rings. The molecule has 3 aromatic rings. The van der Waals surface area contributed by atoms with E-state index in [1.165, 1.54) is 0 Å². The lowest BCUT2D eigenvalue weighted by atomic mass is 9.98. The minimum Gasteiger partial charge on any atom is -0.345 e. The van der Waals surface area contributed by atoms with Gasteiger partial charge in [-0.25, -0.2) is 9.89 Å². The van der Waals surface area contributed by atoms with Gasteiger partial charge >= 0.3 is 5.69 Å². The Balaban J connectivity index is 1.83. The topological polar surface area (TPSA) is 104 Å². The van der Waals surface area contributed by atoms with Gasteiger partial charge in [0, 0.05) is 12.4 Å². The summed E-state index contributed by atoms with van der Waals surface area (Å²) in [7, 11) is 0. The first-order valence-electron chi connectivity index (χ1n) is 7.51. The average Bonchev–Trinajstić information content (AvgIpc) is 2.99. The van der Waals surface area contributed by atoms with Gasteiger partial charge in [-0.15, -0.1) is 0 Å². The van der Waals surface area contributed by atoms with Gasteiger partial charge in [-0.2, -0.15) is 5.10 Å². The third-order valence-electron chi connectivity index (χ3n) is 3.63. The minimum atomic E-state index is -0.429. The summed E-state index contributed by atoms with van der Waals surface area (Å²) in [5.74, 6) is 0.0648. The molecule has 0 saturated carbocycles. The standard InChI is InChI=1S/C17H17N5O2/c1-11-2-4-12(5-3-11)16(13-6-8-18-9-7-13)20-15(23)10-14-19-17(24)22-21-14/h2-9,16H,10H2,1H3,(H,20,23)(H2,19,21,22,24)/t16-/m1/s1. The zero-order chi connectivity index (χ0) is 16.9. The molecule has 0 unspecified atom stereocenters. The van der Waals surface area contributed by atoms with Crippen molar-refractivity contribution in [3.8, 4) is 0 Å². The van der Waals surface area contributed by atoms with E-state index in [-0.39, 0.29) is 18.4 Å². The lowest BCUT2D eigenvalue weighted by molar-refractivity contribution is -0.121. The summed E-state index contributed by atoms with van der Waals surface area (Å²) < 4.78 is 0. The molecule has 7 nitrogen and oxygen atoms in total. The fourth-order valence-electron chi connectivity index (χ4n) is 2.43. The molecule has 7 heteroatoms. The second kappa shape index (κ2) is 6.91. The first-order chi connectivity index (χ1) is 11.6. The molecule has 0 aliphatic heterocycles. The fraction of sp³-hybridized carbons (Fsp3) is 0.176. The van der Waals surface area contributed by atoms with E-state index in [9.17, 15) is 9.59 Å². The molecule has 2 heterocycles. The molecule has 0 radical (unpaired) electrons. The lowest BCUT2D eigenvalue weighted by Crippen LogP contribution is -2.31. The molecule has 2 aromatic heterocycles. The van der Waals surface area contributed by atoms with Gasteiger partial charge in [0.1, 0.15) is 5.82 Å². The first kappa shape index (κ1) is 15.7. The Morgan fingerprint density at radius 2 is 1.79 bits per heavy atom. The summed E-state index contributed by atoms with van der Waals surface area (Å²) in [5, 5.41) is 8.99. The maximum atomic E-state index is 12.3. The van der Waals surface area contributed by atoms with Gasteiger partial charge in [0.15, 0.2) is 0 Å². The molecule has 122 valence electrons.